The molecule has 0 aromatic heterocycles. The summed E-state index contributed by atoms with van der Waals surface area (Å²) in [5, 5.41) is 10.7. The molecule has 18 heavy (non-hydrogen) atoms. The maximum absolute atomic E-state index is 12.2. The highest BCUT2D eigenvalue weighted by molar-refractivity contribution is 5.87. The minimum Gasteiger partial charge on any atom is -0.480 e. The van der Waals surface area contributed by atoms with E-state index in [0.717, 1.165) is 12.8 Å². The van der Waals surface area contributed by atoms with Crippen LogP contribution in [-0.2, 0) is 9.59 Å². The molecule has 1 amide bonds. The number of rotatable bonds is 4. The van der Waals surface area contributed by atoms with E-state index in [1.807, 2.05) is 5.32 Å². The fourth-order valence-corrected chi connectivity index (χ4v) is 2.15. The van der Waals surface area contributed by atoms with Crippen molar-refractivity contribution in [1.29, 1.82) is 0 Å². The first-order valence-electron chi connectivity index (χ1n) is 5.75. The Morgan fingerprint density at radius 2 is 1.83 bits per heavy atom. The van der Waals surface area contributed by atoms with Crippen molar-refractivity contribution >= 4 is 11.9 Å². The monoisotopic (exact) mass is 267 g/mol. The van der Waals surface area contributed by atoms with Crippen molar-refractivity contribution in [2.75, 3.05) is 0 Å². The van der Waals surface area contributed by atoms with Crippen LogP contribution >= 0.6 is 0 Å². The van der Waals surface area contributed by atoms with Crippen LogP contribution in [-0.4, -0.2) is 29.2 Å². The highest BCUT2D eigenvalue weighted by Gasteiger charge is 2.41. The number of hydrogen-bond donors (Lipinski definition) is 2. The van der Waals surface area contributed by atoms with E-state index in [4.69, 9.17) is 5.11 Å². The fraction of sp³-hybridized carbons (Fsp3) is 0.818. The zero-order valence-corrected chi connectivity index (χ0v) is 10.0. The second-order valence-corrected chi connectivity index (χ2v) is 4.95. The minimum absolute atomic E-state index is 0.581. The van der Waals surface area contributed by atoms with Gasteiger partial charge in [-0.2, -0.15) is 13.2 Å². The molecule has 0 aromatic rings. The van der Waals surface area contributed by atoms with E-state index in [-0.39, 0.29) is 0 Å². The van der Waals surface area contributed by atoms with Gasteiger partial charge in [0.05, 0.1) is 6.42 Å². The summed E-state index contributed by atoms with van der Waals surface area (Å²) in [4.78, 5) is 22.5. The zero-order chi connectivity index (χ0) is 14.0. The summed E-state index contributed by atoms with van der Waals surface area (Å²) < 4.78 is 36.5. The van der Waals surface area contributed by atoms with Crippen molar-refractivity contribution in [3.05, 3.63) is 0 Å². The Hall–Kier alpha value is -1.27. The van der Waals surface area contributed by atoms with Crippen molar-refractivity contribution in [1.82, 2.24) is 5.32 Å². The standard InChI is InChI=1S/C11H16F3NO3/c1-10(4-2-3-5-10)9(18)15-7(8(16)17)6-11(12,13)14/h7H,2-6H2,1H3,(H,15,18)(H,16,17). The number of carboxylic acids is 1. The Morgan fingerprint density at radius 1 is 1.33 bits per heavy atom. The van der Waals surface area contributed by atoms with E-state index in [1.54, 1.807) is 6.92 Å². The average Bonchev–Trinajstić information content (AvgIpc) is 2.63. The quantitative estimate of drug-likeness (QED) is 0.819. The molecular weight excluding hydrogens is 251 g/mol. The van der Waals surface area contributed by atoms with Gasteiger partial charge in [-0.25, -0.2) is 4.79 Å². The summed E-state index contributed by atoms with van der Waals surface area (Å²) in [7, 11) is 0. The van der Waals surface area contributed by atoms with E-state index < -0.39 is 35.9 Å². The third kappa shape index (κ3) is 3.89. The van der Waals surface area contributed by atoms with Crippen LogP contribution in [0.2, 0.25) is 0 Å². The predicted molar refractivity (Wildman–Crippen MR) is 56.8 cm³/mol. The first kappa shape index (κ1) is 14.8. The maximum Gasteiger partial charge on any atom is 0.391 e. The number of amides is 1. The van der Waals surface area contributed by atoms with E-state index in [2.05, 4.69) is 0 Å². The molecule has 0 radical (unpaired) electrons. The Kier molecular flexibility index (Phi) is 4.24. The maximum atomic E-state index is 12.2. The number of hydrogen-bond acceptors (Lipinski definition) is 2. The van der Waals surface area contributed by atoms with Crippen molar-refractivity contribution in [2.24, 2.45) is 5.41 Å². The Labute approximate surface area is 103 Å². The Bertz CT molecular complexity index is 335. The molecule has 104 valence electrons. The molecular formula is C11H16F3NO3. The molecule has 1 atom stereocenters. The van der Waals surface area contributed by atoms with Gasteiger partial charge in [0.15, 0.2) is 0 Å². The Morgan fingerprint density at radius 3 is 2.22 bits per heavy atom. The molecule has 1 fully saturated rings. The highest BCUT2D eigenvalue weighted by atomic mass is 19.4. The van der Waals surface area contributed by atoms with Gasteiger partial charge in [0.1, 0.15) is 6.04 Å². The van der Waals surface area contributed by atoms with Crippen LogP contribution < -0.4 is 5.32 Å². The predicted octanol–water partition coefficient (Wildman–Crippen LogP) is 2.09. The summed E-state index contributed by atoms with van der Waals surface area (Å²) in [5.74, 6) is -2.26. The van der Waals surface area contributed by atoms with Gasteiger partial charge in [0.2, 0.25) is 5.91 Å². The number of alkyl halides is 3. The first-order valence-corrected chi connectivity index (χ1v) is 5.75. The van der Waals surface area contributed by atoms with Crippen LogP contribution in [0.1, 0.15) is 39.0 Å². The van der Waals surface area contributed by atoms with E-state index in [9.17, 15) is 22.8 Å². The molecule has 4 nitrogen and oxygen atoms in total. The van der Waals surface area contributed by atoms with E-state index in [1.165, 1.54) is 0 Å². The lowest BCUT2D eigenvalue weighted by Crippen LogP contribution is -2.48. The van der Waals surface area contributed by atoms with Crippen LogP contribution in [0.3, 0.4) is 0 Å². The number of carbonyl (C=O) groups is 2. The van der Waals surface area contributed by atoms with Gasteiger partial charge in [0, 0.05) is 5.41 Å². The van der Waals surface area contributed by atoms with Gasteiger partial charge in [-0.05, 0) is 12.8 Å². The molecule has 0 heterocycles. The summed E-state index contributed by atoms with van der Waals surface area (Å²) in [6.45, 7) is 1.65. The molecule has 2 N–H and O–H groups in total. The number of carbonyl (C=O) groups excluding carboxylic acids is 1. The van der Waals surface area contributed by atoms with Gasteiger partial charge < -0.3 is 10.4 Å². The third-order valence-electron chi connectivity index (χ3n) is 3.29. The average molecular weight is 267 g/mol. The van der Waals surface area contributed by atoms with Crippen molar-refractivity contribution < 1.29 is 27.9 Å². The lowest BCUT2D eigenvalue weighted by Gasteiger charge is -2.25. The lowest BCUT2D eigenvalue weighted by molar-refractivity contribution is -0.161. The molecule has 0 saturated heterocycles. The van der Waals surface area contributed by atoms with Crippen LogP contribution in [0.5, 0.6) is 0 Å². The minimum atomic E-state index is -4.62. The van der Waals surface area contributed by atoms with Gasteiger partial charge in [-0.3, -0.25) is 4.79 Å². The van der Waals surface area contributed by atoms with Gasteiger partial charge in [-0.1, -0.05) is 19.8 Å². The largest absolute Gasteiger partial charge is 0.480 e. The fourth-order valence-electron chi connectivity index (χ4n) is 2.15. The molecule has 0 spiro atoms. The zero-order valence-electron chi connectivity index (χ0n) is 10.0. The highest BCUT2D eigenvalue weighted by Crippen LogP contribution is 2.37. The topological polar surface area (TPSA) is 66.4 Å². The molecule has 1 aliphatic rings. The molecule has 0 aromatic carbocycles. The van der Waals surface area contributed by atoms with Crippen LogP contribution in [0.4, 0.5) is 13.2 Å². The van der Waals surface area contributed by atoms with Gasteiger partial charge >= 0.3 is 12.1 Å². The summed E-state index contributed by atoms with van der Waals surface area (Å²) >= 11 is 0. The number of aliphatic carboxylic acids is 1. The Balaban J connectivity index is 2.66. The molecule has 1 aliphatic carbocycles. The molecule has 0 bridgehead atoms. The second kappa shape index (κ2) is 5.16. The van der Waals surface area contributed by atoms with Gasteiger partial charge in [-0.15, -0.1) is 0 Å². The number of nitrogens with one attached hydrogen (secondary N) is 1. The molecule has 0 aliphatic heterocycles. The SMILES string of the molecule is CC1(C(=O)NC(CC(F)(F)F)C(=O)O)CCCC1. The third-order valence-corrected chi connectivity index (χ3v) is 3.29. The van der Waals surface area contributed by atoms with E-state index in [0.29, 0.717) is 12.8 Å². The normalized spacial score (nSPS) is 20.4. The molecule has 1 saturated carbocycles. The summed E-state index contributed by atoms with van der Waals surface area (Å²) in [6.07, 6.45) is -3.34. The summed E-state index contributed by atoms with van der Waals surface area (Å²) in [6, 6.07) is -1.91. The van der Waals surface area contributed by atoms with Gasteiger partial charge in [0.25, 0.3) is 0 Å². The van der Waals surface area contributed by atoms with E-state index >= 15 is 0 Å². The first-order chi connectivity index (χ1) is 8.14. The summed E-state index contributed by atoms with van der Waals surface area (Å²) in [5.41, 5.74) is -0.737. The molecule has 7 heteroatoms. The van der Waals surface area contributed by atoms with Crippen LogP contribution in [0.15, 0.2) is 0 Å². The smallest absolute Gasteiger partial charge is 0.391 e. The van der Waals surface area contributed by atoms with Crippen molar-refractivity contribution in [3.63, 3.8) is 0 Å². The van der Waals surface area contributed by atoms with Crippen LogP contribution in [0.25, 0.3) is 0 Å². The lowest BCUT2D eigenvalue weighted by atomic mass is 9.87. The second-order valence-electron chi connectivity index (χ2n) is 4.95. The van der Waals surface area contributed by atoms with Crippen molar-refractivity contribution in [3.8, 4) is 0 Å². The number of carboxylic acid groups (broad SMARTS) is 1. The van der Waals surface area contributed by atoms with Crippen molar-refractivity contribution in [2.45, 2.75) is 51.2 Å². The number of halogens is 3. The molecule has 1 unspecified atom stereocenters. The van der Waals surface area contributed by atoms with Crippen LogP contribution in [0, 0.1) is 5.41 Å². The molecule has 1 rings (SSSR count).